The lowest BCUT2D eigenvalue weighted by Gasteiger charge is -2.03. The Kier molecular flexibility index (Phi) is 5.90. The Balaban J connectivity index is 1.91. The Hall–Kier alpha value is -3.70. The first-order chi connectivity index (χ1) is 13.9. The van der Waals surface area contributed by atoms with E-state index in [1.807, 2.05) is 6.07 Å². The summed E-state index contributed by atoms with van der Waals surface area (Å²) >= 11 is 3.30. The van der Waals surface area contributed by atoms with Gasteiger partial charge in [-0.1, -0.05) is 12.1 Å². The molecule has 0 atom stereocenters. The molecule has 0 amide bonds. The van der Waals surface area contributed by atoms with Gasteiger partial charge < -0.3 is 9.15 Å². The average molecular weight is 453 g/mol. The fourth-order valence-corrected chi connectivity index (χ4v) is 3.17. The summed E-state index contributed by atoms with van der Waals surface area (Å²) in [6, 6.07) is 16.0. The van der Waals surface area contributed by atoms with Gasteiger partial charge in [0.2, 0.25) is 5.78 Å². The zero-order valence-electron chi connectivity index (χ0n) is 15.1. The van der Waals surface area contributed by atoms with E-state index in [1.165, 1.54) is 25.3 Å². The highest BCUT2D eigenvalue weighted by molar-refractivity contribution is 9.10. The van der Waals surface area contributed by atoms with Crippen LogP contribution in [0.15, 0.2) is 69.1 Å². The number of benzene rings is 2. The molecule has 29 heavy (non-hydrogen) atoms. The Bertz CT molecular complexity index is 1170. The first-order valence-corrected chi connectivity index (χ1v) is 9.07. The minimum Gasteiger partial charge on any atom is -0.497 e. The van der Waals surface area contributed by atoms with Gasteiger partial charge in [0.1, 0.15) is 28.9 Å². The van der Waals surface area contributed by atoms with Crippen molar-refractivity contribution in [1.29, 1.82) is 5.26 Å². The third-order valence-corrected chi connectivity index (χ3v) is 4.70. The minimum absolute atomic E-state index is 0.0528. The van der Waals surface area contributed by atoms with Gasteiger partial charge in [-0.25, -0.2) is 0 Å². The van der Waals surface area contributed by atoms with Crippen LogP contribution in [0.5, 0.6) is 5.75 Å². The molecule has 0 aliphatic rings. The Morgan fingerprint density at radius 3 is 2.69 bits per heavy atom. The van der Waals surface area contributed by atoms with Crippen molar-refractivity contribution in [2.75, 3.05) is 7.11 Å². The Morgan fingerprint density at radius 1 is 1.24 bits per heavy atom. The van der Waals surface area contributed by atoms with Gasteiger partial charge in [0.25, 0.3) is 5.69 Å². The summed E-state index contributed by atoms with van der Waals surface area (Å²) in [5, 5.41) is 20.3. The van der Waals surface area contributed by atoms with Crippen molar-refractivity contribution in [3.05, 3.63) is 86.1 Å². The number of allylic oxidation sites excluding steroid dienone is 1. The quantitative estimate of drug-likeness (QED) is 0.162. The van der Waals surface area contributed by atoms with E-state index in [2.05, 4.69) is 15.9 Å². The SMILES string of the molecule is COc1cccc(C(=O)/C(C#N)=C/c2ccc(-c3ccc([N+](=O)[O-])cc3Br)o2)c1. The molecule has 1 aromatic heterocycles. The van der Waals surface area contributed by atoms with Crippen LogP contribution in [0.4, 0.5) is 5.69 Å². The van der Waals surface area contributed by atoms with Gasteiger partial charge in [0, 0.05) is 33.8 Å². The van der Waals surface area contributed by atoms with Crippen LogP contribution in [0.3, 0.4) is 0 Å². The van der Waals surface area contributed by atoms with Crippen molar-refractivity contribution in [3.8, 4) is 23.1 Å². The molecule has 2 aromatic carbocycles. The van der Waals surface area contributed by atoms with Crippen molar-refractivity contribution >= 4 is 33.5 Å². The largest absolute Gasteiger partial charge is 0.497 e. The number of carbonyl (C=O) groups is 1. The summed E-state index contributed by atoms with van der Waals surface area (Å²) in [5.41, 5.74) is 0.778. The lowest BCUT2D eigenvalue weighted by Crippen LogP contribution is -2.02. The first-order valence-electron chi connectivity index (χ1n) is 8.27. The number of rotatable bonds is 6. The van der Waals surface area contributed by atoms with Gasteiger partial charge in [0.15, 0.2) is 0 Å². The molecule has 3 rings (SSSR count). The summed E-state index contributed by atoms with van der Waals surface area (Å²) in [4.78, 5) is 23.0. The van der Waals surface area contributed by atoms with Gasteiger partial charge in [-0.05, 0) is 46.3 Å². The molecule has 0 saturated heterocycles. The van der Waals surface area contributed by atoms with E-state index in [4.69, 9.17) is 9.15 Å². The highest BCUT2D eigenvalue weighted by Gasteiger charge is 2.16. The van der Waals surface area contributed by atoms with Gasteiger partial charge >= 0.3 is 0 Å². The van der Waals surface area contributed by atoms with E-state index < -0.39 is 10.7 Å². The number of ketones is 1. The molecule has 0 aliphatic heterocycles. The number of furan rings is 1. The van der Waals surface area contributed by atoms with Crippen molar-refractivity contribution < 1.29 is 18.9 Å². The molecule has 0 N–H and O–H groups in total. The molecule has 0 saturated carbocycles. The number of hydrogen-bond acceptors (Lipinski definition) is 6. The molecular weight excluding hydrogens is 440 g/mol. The van der Waals surface area contributed by atoms with E-state index in [9.17, 15) is 20.2 Å². The van der Waals surface area contributed by atoms with Crippen LogP contribution in [0.2, 0.25) is 0 Å². The molecule has 0 fully saturated rings. The van der Waals surface area contributed by atoms with Crippen LogP contribution in [0, 0.1) is 21.4 Å². The molecule has 7 nitrogen and oxygen atoms in total. The van der Waals surface area contributed by atoms with Gasteiger partial charge in [-0.3, -0.25) is 14.9 Å². The minimum atomic E-state index is -0.492. The number of nitro benzene ring substituents is 1. The van der Waals surface area contributed by atoms with Gasteiger partial charge in [0.05, 0.1) is 12.0 Å². The van der Waals surface area contributed by atoms with Crippen LogP contribution < -0.4 is 4.74 Å². The molecule has 0 spiro atoms. The second-order valence-electron chi connectivity index (χ2n) is 5.85. The van der Waals surface area contributed by atoms with E-state index >= 15 is 0 Å². The highest BCUT2D eigenvalue weighted by Crippen LogP contribution is 2.33. The van der Waals surface area contributed by atoms with Crippen LogP contribution in [0.25, 0.3) is 17.4 Å². The fraction of sp³-hybridized carbons (Fsp3) is 0.0476. The van der Waals surface area contributed by atoms with E-state index in [0.29, 0.717) is 32.9 Å². The summed E-state index contributed by atoms with van der Waals surface area (Å²) in [6.45, 7) is 0. The third kappa shape index (κ3) is 4.42. The van der Waals surface area contributed by atoms with E-state index in [1.54, 1.807) is 42.5 Å². The number of nitriles is 1. The Morgan fingerprint density at radius 2 is 2.03 bits per heavy atom. The monoisotopic (exact) mass is 452 g/mol. The summed E-state index contributed by atoms with van der Waals surface area (Å²) in [7, 11) is 1.49. The van der Waals surface area contributed by atoms with Crippen LogP contribution in [0.1, 0.15) is 16.1 Å². The number of ether oxygens (including phenoxy) is 1. The zero-order chi connectivity index (χ0) is 21.0. The number of halogens is 1. The molecular formula is C21H13BrN2O5. The number of Topliss-reactive ketones (excluding diaryl/α,β-unsaturated/α-hetero) is 1. The van der Waals surface area contributed by atoms with Crippen LogP contribution >= 0.6 is 15.9 Å². The predicted octanol–water partition coefficient (Wildman–Crippen LogP) is 5.42. The normalized spacial score (nSPS) is 11.0. The predicted molar refractivity (Wildman–Crippen MR) is 109 cm³/mol. The molecule has 1 heterocycles. The maximum absolute atomic E-state index is 12.6. The highest BCUT2D eigenvalue weighted by atomic mass is 79.9. The summed E-state index contributed by atoms with van der Waals surface area (Å²) in [6.07, 6.45) is 1.35. The van der Waals surface area contributed by atoms with Crippen molar-refractivity contribution in [2.45, 2.75) is 0 Å². The maximum Gasteiger partial charge on any atom is 0.270 e. The number of nitro groups is 1. The topological polar surface area (TPSA) is 106 Å². The lowest BCUT2D eigenvalue weighted by molar-refractivity contribution is -0.384. The first kappa shape index (κ1) is 20.0. The fourth-order valence-electron chi connectivity index (χ4n) is 2.60. The molecule has 0 bridgehead atoms. The number of hydrogen-bond donors (Lipinski definition) is 0. The molecule has 0 radical (unpaired) electrons. The smallest absolute Gasteiger partial charge is 0.270 e. The average Bonchev–Trinajstić information content (AvgIpc) is 3.19. The summed E-state index contributed by atoms with van der Waals surface area (Å²) < 4.78 is 11.3. The molecule has 0 unspecified atom stereocenters. The van der Waals surface area contributed by atoms with Crippen molar-refractivity contribution in [2.24, 2.45) is 0 Å². The molecule has 144 valence electrons. The van der Waals surface area contributed by atoms with Crippen LogP contribution in [-0.2, 0) is 0 Å². The van der Waals surface area contributed by atoms with E-state index in [0.717, 1.165) is 0 Å². The van der Waals surface area contributed by atoms with Gasteiger partial charge in [-0.2, -0.15) is 5.26 Å². The van der Waals surface area contributed by atoms with E-state index in [-0.39, 0.29) is 11.3 Å². The number of methoxy groups -OCH3 is 1. The third-order valence-electron chi connectivity index (χ3n) is 4.04. The second-order valence-corrected chi connectivity index (χ2v) is 6.71. The number of non-ortho nitro benzene ring substituents is 1. The summed E-state index contributed by atoms with van der Waals surface area (Å²) in [5.74, 6) is 0.791. The Labute approximate surface area is 174 Å². The lowest BCUT2D eigenvalue weighted by atomic mass is 10.0. The zero-order valence-corrected chi connectivity index (χ0v) is 16.7. The standard InChI is InChI=1S/C21H13BrN2O5/c1-28-16-4-2-3-13(9-16)21(25)14(12-23)10-17-6-8-20(29-17)18-7-5-15(24(26)27)11-19(18)22/h2-11H,1H3/b14-10+. The number of nitrogens with zero attached hydrogens (tertiary/aromatic N) is 2. The molecule has 0 aliphatic carbocycles. The van der Waals surface area contributed by atoms with Crippen LogP contribution in [-0.4, -0.2) is 17.8 Å². The van der Waals surface area contributed by atoms with Crippen molar-refractivity contribution in [3.63, 3.8) is 0 Å². The maximum atomic E-state index is 12.6. The van der Waals surface area contributed by atoms with Gasteiger partial charge in [-0.15, -0.1) is 0 Å². The van der Waals surface area contributed by atoms with Crippen molar-refractivity contribution in [1.82, 2.24) is 0 Å². The number of carbonyl (C=O) groups excluding carboxylic acids is 1. The molecule has 3 aromatic rings. The second kappa shape index (κ2) is 8.54. The molecule has 8 heteroatoms.